The molecule has 2 aromatic carbocycles. The Kier molecular flexibility index (Phi) is 9.17. The van der Waals surface area contributed by atoms with Crippen molar-refractivity contribution in [2.75, 3.05) is 33.9 Å². The second kappa shape index (κ2) is 12.1. The average molecular weight is 521 g/mol. The number of nitrogens with zero attached hydrogens (tertiary/aromatic N) is 1. The molecule has 0 aliphatic carbocycles. The van der Waals surface area contributed by atoms with Crippen LogP contribution in [0.1, 0.15) is 29.6 Å². The van der Waals surface area contributed by atoms with Crippen LogP contribution in [0.15, 0.2) is 58.8 Å². The van der Waals surface area contributed by atoms with Crippen LogP contribution in [-0.2, 0) is 14.6 Å². The fraction of sp³-hybridized carbons (Fsp3) is 0.360. The number of hydrogen-bond donors (Lipinski definition) is 1. The number of carbonyl (C=O) groups excluding carboxylic acids is 2. The van der Waals surface area contributed by atoms with E-state index < -0.39 is 9.84 Å². The van der Waals surface area contributed by atoms with Gasteiger partial charge >= 0.3 is 0 Å². The molecule has 0 bridgehead atoms. The van der Waals surface area contributed by atoms with Crippen molar-refractivity contribution in [1.82, 2.24) is 10.2 Å². The van der Waals surface area contributed by atoms with E-state index in [4.69, 9.17) is 21.1 Å². The van der Waals surface area contributed by atoms with Crippen LogP contribution < -0.4 is 14.8 Å². The summed E-state index contributed by atoms with van der Waals surface area (Å²) in [5, 5.41) is 4.41. The second-order valence-corrected chi connectivity index (χ2v) is 10.4. The average Bonchev–Trinajstić information content (AvgIpc) is 2.88. The van der Waals surface area contributed by atoms with Crippen molar-refractivity contribution < 1.29 is 27.5 Å². The highest BCUT2D eigenvalue weighted by Crippen LogP contribution is 2.26. The Hall–Kier alpha value is -3.04. The highest BCUT2D eigenvalue weighted by molar-refractivity contribution is 7.94. The molecule has 0 saturated carbocycles. The number of piperidine rings is 1. The predicted molar refractivity (Wildman–Crippen MR) is 134 cm³/mol. The van der Waals surface area contributed by atoms with Gasteiger partial charge in [0.05, 0.1) is 30.6 Å². The number of rotatable bonds is 9. The summed E-state index contributed by atoms with van der Waals surface area (Å²) < 4.78 is 35.1. The molecular formula is C25H29ClN2O6S. The maximum absolute atomic E-state index is 13.0. The summed E-state index contributed by atoms with van der Waals surface area (Å²) in [6.07, 6.45) is 3.24. The molecule has 188 valence electrons. The number of benzene rings is 2. The molecule has 1 unspecified atom stereocenters. The summed E-state index contributed by atoms with van der Waals surface area (Å²) in [4.78, 5) is 27.5. The maximum atomic E-state index is 13.0. The lowest BCUT2D eigenvalue weighted by atomic mass is 9.96. The van der Waals surface area contributed by atoms with Crippen LogP contribution in [0.25, 0.3) is 0 Å². The van der Waals surface area contributed by atoms with Crippen molar-refractivity contribution in [3.63, 3.8) is 0 Å². The zero-order chi connectivity index (χ0) is 25.4. The SMILES string of the molecule is COc1ccc(S(=O)(=O)/C=C/CCNC(=O)C2CCCN(C(=O)c3cc(Cl)ccc3OC)C2)cc1. The van der Waals surface area contributed by atoms with Crippen LogP contribution in [0.3, 0.4) is 0 Å². The number of amides is 2. The van der Waals surface area contributed by atoms with Crippen molar-refractivity contribution >= 4 is 33.3 Å². The Bertz CT molecular complexity index is 1180. The van der Waals surface area contributed by atoms with Crippen molar-refractivity contribution in [1.29, 1.82) is 0 Å². The Morgan fingerprint density at radius 1 is 1.14 bits per heavy atom. The quantitative estimate of drug-likeness (QED) is 0.506. The van der Waals surface area contributed by atoms with Gasteiger partial charge in [-0.1, -0.05) is 17.7 Å². The fourth-order valence-electron chi connectivity index (χ4n) is 3.86. The number of hydrogen-bond acceptors (Lipinski definition) is 6. The monoisotopic (exact) mass is 520 g/mol. The van der Waals surface area contributed by atoms with E-state index in [1.807, 2.05) is 0 Å². The summed E-state index contributed by atoms with van der Waals surface area (Å²) in [7, 11) is -0.571. The summed E-state index contributed by atoms with van der Waals surface area (Å²) in [6.45, 7) is 1.13. The lowest BCUT2D eigenvalue weighted by Gasteiger charge is -2.32. The van der Waals surface area contributed by atoms with Crippen molar-refractivity contribution in [3.8, 4) is 11.5 Å². The van der Waals surface area contributed by atoms with Crippen molar-refractivity contribution in [3.05, 3.63) is 64.5 Å². The van der Waals surface area contributed by atoms with Gasteiger partial charge in [-0.05, 0) is 61.7 Å². The standard InChI is InChI=1S/C25H29ClN2O6S/c1-33-20-8-10-21(11-9-20)35(31,32)15-4-3-13-27-24(29)18-6-5-14-28(17-18)25(30)22-16-19(26)7-12-23(22)34-2/h4,7-12,15-16,18H,3,5-6,13-14,17H2,1-2H3,(H,27,29)/b15-4+. The molecule has 0 radical (unpaired) electrons. The molecule has 0 spiro atoms. The first-order valence-electron chi connectivity index (χ1n) is 11.2. The largest absolute Gasteiger partial charge is 0.497 e. The van der Waals surface area contributed by atoms with E-state index >= 15 is 0 Å². The molecule has 2 aromatic rings. The Morgan fingerprint density at radius 2 is 1.89 bits per heavy atom. The third kappa shape index (κ3) is 6.99. The molecule has 1 atom stereocenters. The van der Waals surface area contributed by atoms with E-state index in [1.54, 1.807) is 35.2 Å². The number of carbonyl (C=O) groups is 2. The summed E-state index contributed by atoms with van der Waals surface area (Å²) >= 11 is 6.06. The molecule has 1 aliphatic rings. The molecule has 35 heavy (non-hydrogen) atoms. The van der Waals surface area contributed by atoms with Gasteiger partial charge in [0.15, 0.2) is 9.84 Å². The van der Waals surface area contributed by atoms with Gasteiger partial charge in [0.25, 0.3) is 5.91 Å². The van der Waals surface area contributed by atoms with Gasteiger partial charge < -0.3 is 19.7 Å². The van der Waals surface area contributed by atoms with Crippen LogP contribution in [0.5, 0.6) is 11.5 Å². The first kappa shape index (κ1) is 26.6. The number of methoxy groups -OCH3 is 2. The number of likely N-dealkylation sites (tertiary alicyclic amines) is 1. The maximum Gasteiger partial charge on any atom is 0.257 e. The number of sulfone groups is 1. The Labute approximate surface area is 210 Å². The molecule has 1 fully saturated rings. The molecule has 0 aromatic heterocycles. The second-order valence-electron chi connectivity index (χ2n) is 8.11. The minimum atomic E-state index is -3.57. The smallest absolute Gasteiger partial charge is 0.257 e. The van der Waals surface area contributed by atoms with E-state index in [0.717, 1.165) is 5.41 Å². The molecule has 10 heteroatoms. The molecule has 3 rings (SSSR count). The normalized spacial score (nSPS) is 16.2. The van der Waals surface area contributed by atoms with E-state index in [1.165, 1.54) is 32.4 Å². The Morgan fingerprint density at radius 3 is 2.57 bits per heavy atom. The molecule has 8 nitrogen and oxygen atoms in total. The third-order valence-corrected chi connectivity index (χ3v) is 7.46. The number of halogens is 1. The first-order valence-corrected chi connectivity index (χ1v) is 13.1. The summed E-state index contributed by atoms with van der Waals surface area (Å²) in [5.74, 6) is 0.276. The van der Waals surface area contributed by atoms with Crippen molar-refractivity contribution in [2.24, 2.45) is 5.92 Å². The Balaban J connectivity index is 1.51. The van der Waals surface area contributed by atoms with Crippen LogP contribution in [0, 0.1) is 5.92 Å². The van der Waals surface area contributed by atoms with Crippen molar-refractivity contribution in [2.45, 2.75) is 24.2 Å². The molecule has 2 amide bonds. The first-order chi connectivity index (χ1) is 16.7. The third-order valence-electron chi connectivity index (χ3n) is 5.74. The number of ether oxygens (including phenoxy) is 2. The van der Waals surface area contributed by atoms with Gasteiger partial charge in [-0.3, -0.25) is 9.59 Å². The van der Waals surface area contributed by atoms with Gasteiger partial charge in [0, 0.05) is 30.1 Å². The van der Waals surface area contributed by atoms with Crippen LogP contribution in [-0.4, -0.2) is 59.0 Å². The zero-order valence-electron chi connectivity index (χ0n) is 19.7. The topological polar surface area (TPSA) is 102 Å². The van der Waals surface area contributed by atoms with Crippen LogP contribution in [0.2, 0.25) is 5.02 Å². The minimum Gasteiger partial charge on any atom is -0.497 e. The van der Waals surface area contributed by atoms with Gasteiger partial charge in [0.2, 0.25) is 5.91 Å². The van der Waals surface area contributed by atoms with Crippen LogP contribution in [0.4, 0.5) is 0 Å². The fourth-order valence-corrected chi connectivity index (χ4v) is 5.09. The van der Waals surface area contributed by atoms with Gasteiger partial charge in [-0.2, -0.15) is 0 Å². The van der Waals surface area contributed by atoms with E-state index in [0.29, 0.717) is 61.0 Å². The summed E-state index contributed by atoms with van der Waals surface area (Å²) in [5.41, 5.74) is 0.365. The number of nitrogens with one attached hydrogen (secondary N) is 1. The molecule has 1 saturated heterocycles. The van der Waals surface area contributed by atoms with Gasteiger partial charge in [0.1, 0.15) is 11.5 Å². The predicted octanol–water partition coefficient (Wildman–Crippen LogP) is 3.70. The van der Waals surface area contributed by atoms with Gasteiger partial charge in [-0.25, -0.2) is 8.42 Å². The van der Waals surface area contributed by atoms with E-state index in [9.17, 15) is 18.0 Å². The lowest BCUT2D eigenvalue weighted by molar-refractivity contribution is -0.126. The molecule has 1 heterocycles. The minimum absolute atomic E-state index is 0.160. The van der Waals surface area contributed by atoms with E-state index in [-0.39, 0.29) is 22.6 Å². The zero-order valence-corrected chi connectivity index (χ0v) is 21.3. The molecule has 1 N–H and O–H groups in total. The highest BCUT2D eigenvalue weighted by atomic mass is 35.5. The summed E-state index contributed by atoms with van der Waals surface area (Å²) in [6, 6.07) is 11.0. The lowest BCUT2D eigenvalue weighted by Crippen LogP contribution is -2.45. The highest BCUT2D eigenvalue weighted by Gasteiger charge is 2.30. The molecular weight excluding hydrogens is 492 g/mol. The van der Waals surface area contributed by atoms with Crippen LogP contribution >= 0.6 is 11.6 Å². The van der Waals surface area contributed by atoms with Gasteiger partial charge in [-0.15, -0.1) is 0 Å². The van der Waals surface area contributed by atoms with E-state index in [2.05, 4.69) is 5.32 Å². The molecule has 1 aliphatic heterocycles.